The maximum Gasteiger partial charge on any atom is 0.168 e. The van der Waals surface area contributed by atoms with Gasteiger partial charge in [0.1, 0.15) is 17.5 Å². The van der Waals surface area contributed by atoms with Crippen LogP contribution in [0.1, 0.15) is 30.9 Å². The van der Waals surface area contributed by atoms with Crippen LogP contribution in [0.25, 0.3) is 5.69 Å². The lowest BCUT2D eigenvalue weighted by Crippen LogP contribution is -2.05. The SMILES string of the molecule is CCCCNc1nn(-c2ccccc2C)c(N)c1C#N. The van der Waals surface area contributed by atoms with Crippen LogP contribution in [0, 0.1) is 18.3 Å². The number of anilines is 2. The number of nitrogens with zero attached hydrogens (tertiary/aromatic N) is 3. The molecule has 0 spiro atoms. The Hall–Kier alpha value is -2.48. The summed E-state index contributed by atoms with van der Waals surface area (Å²) in [6.07, 6.45) is 2.12. The van der Waals surface area contributed by atoms with Crippen molar-refractivity contribution >= 4 is 11.6 Å². The molecule has 0 atom stereocenters. The standard InChI is InChI=1S/C15H19N5/c1-3-4-9-18-15-12(10-16)14(17)20(19-15)13-8-6-5-7-11(13)2/h5-8H,3-4,9,17H2,1-2H3,(H,18,19). The van der Waals surface area contributed by atoms with Gasteiger partial charge in [-0.2, -0.15) is 5.26 Å². The van der Waals surface area contributed by atoms with Gasteiger partial charge in [0.05, 0.1) is 5.69 Å². The molecular formula is C15H19N5. The second-order valence-corrected chi connectivity index (χ2v) is 4.70. The molecular weight excluding hydrogens is 250 g/mol. The topological polar surface area (TPSA) is 79.7 Å². The van der Waals surface area contributed by atoms with Crippen molar-refractivity contribution in [1.82, 2.24) is 9.78 Å². The van der Waals surface area contributed by atoms with Crippen molar-refractivity contribution in [1.29, 1.82) is 5.26 Å². The van der Waals surface area contributed by atoms with Crippen LogP contribution in [0.5, 0.6) is 0 Å². The van der Waals surface area contributed by atoms with Gasteiger partial charge < -0.3 is 11.1 Å². The molecule has 0 aliphatic rings. The first kappa shape index (κ1) is 13.9. The second-order valence-electron chi connectivity index (χ2n) is 4.70. The number of hydrogen-bond acceptors (Lipinski definition) is 4. The maximum absolute atomic E-state index is 9.26. The van der Waals surface area contributed by atoms with Crippen molar-refractivity contribution in [3.63, 3.8) is 0 Å². The van der Waals surface area contributed by atoms with Crippen molar-refractivity contribution in [2.45, 2.75) is 26.7 Å². The lowest BCUT2D eigenvalue weighted by molar-refractivity contribution is 0.821. The zero-order chi connectivity index (χ0) is 14.5. The molecule has 0 saturated heterocycles. The van der Waals surface area contributed by atoms with Gasteiger partial charge in [-0.05, 0) is 25.0 Å². The van der Waals surface area contributed by atoms with Crippen LogP contribution in [-0.2, 0) is 0 Å². The van der Waals surface area contributed by atoms with Gasteiger partial charge in [-0.25, -0.2) is 4.68 Å². The van der Waals surface area contributed by atoms with Crippen molar-refractivity contribution in [3.8, 4) is 11.8 Å². The molecule has 1 aromatic heterocycles. The number of nitrogens with two attached hydrogens (primary N) is 1. The molecule has 0 fully saturated rings. The van der Waals surface area contributed by atoms with E-state index in [1.807, 2.05) is 31.2 Å². The molecule has 0 saturated carbocycles. The third-order valence-electron chi connectivity index (χ3n) is 3.20. The summed E-state index contributed by atoms with van der Waals surface area (Å²) in [4.78, 5) is 0. The Labute approximate surface area is 119 Å². The monoisotopic (exact) mass is 269 g/mol. The quantitative estimate of drug-likeness (QED) is 0.818. The molecule has 1 aromatic carbocycles. The minimum atomic E-state index is 0.376. The number of nitrogens with one attached hydrogen (secondary N) is 1. The minimum absolute atomic E-state index is 0.376. The van der Waals surface area contributed by atoms with Crippen LogP contribution in [0.4, 0.5) is 11.6 Å². The van der Waals surface area contributed by atoms with Gasteiger partial charge in [0.25, 0.3) is 0 Å². The molecule has 104 valence electrons. The molecule has 20 heavy (non-hydrogen) atoms. The number of nitriles is 1. The third-order valence-corrected chi connectivity index (χ3v) is 3.20. The Morgan fingerprint density at radius 1 is 1.40 bits per heavy atom. The summed E-state index contributed by atoms with van der Waals surface area (Å²) in [6, 6.07) is 9.96. The number of aryl methyl sites for hydroxylation is 1. The highest BCUT2D eigenvalue weighted by atomic mass is 15.3. The molecule has 2 rings (SSSR count). The van der Waals surface area contributed by atoms with Gasteiger partial charge in [0.2, 0.25) is 0 Å². The van der Waals surface area contributed by atoms with Crippen LogP contribution >= 0.6 is 0 Å². The number of nitrogen functional groups attached to an aromatic ring is 1. The Balaban J connectivity index is 2.41. The first-order chi connectivity index (χ1) is 9.69. The normalized spacial score (nSPS) is 10.2. The molecule has 1 heterocycles. The first-order valence-electron chi connectivity index (χ1n) is 6.77. The number of rotatable bonds is 5. The van der Waals surface area contributed by atoms with E-state index in [1.165, 1.54) is 0 Å². The number of benzene rings is 1. The molecule has 3 N–H and O–H groups in total. The van der Waals surface area contributed by atoms with E-state index >= 15 is 0 Å². The summed E-state index contributed by atoms with van der Waals surface area (Å²) < 4.78 is 1.63. The Morgan fingerprint density at radius 2 is 2.15 bits per heavy atom. The fraction of sp³-hybridized carbons (Fsp3) is 0.333. The zero-order valence-electron chi connectivity index (χ0n) is 11.8. The molecule has 0 unspecified atom stereocenters. The van der Waals surface area contributed by atoms with Crippen LogP contribution in [-0.4, -0.2) is 16.3 Å². The van der Waals surface area contributed by atoms with E-state index in [2.05, 4.69) is 23.4 Å². The molecule has 5 nitrogen and oxygen atoms in total. The fourth-order valence-corrected chi connectivity index (χ4v) is 2.03. The first-order valence-corrected chi connectivity index (χ1v) is 6.77. The van der Waals surface area contributed by atoms with E-state index in [9.17, 15) is 5.26 Å². The molecule has 0 aliphatic heterocycles. The van der Waals surface area contributed by atoms with E-state index in [1.54, 1.807) is 4.68 Å². The lowest BCUT2D eigenvalue weighted by Gasteiger charge is -2.06. The fourth-order valence-electron chi connectivity index (χ4n) is 2.03. The van der Waals surface area contributed by atoms with Crippen molar-refractivity contribution in [2.75, 3.05) is 17.6 Å². The highest BCUT2D eigenvalue weighted by Gasteiger charge is 2.16. The lowest BCUT2D eigenvalue weighted by atomic mass is 10.2. The molecule has 0 radical (unpaired) electrons. The van der Waals surface area contributed by atoms with Crippen molar-refractivity contribution < 1.29 is 0 Å². The second kappa shape index (κ2) is 6.11. The van der Waals surface area contributed by atoms with Crippen LogP contribution < -0.4 is 11.1 Å². The summed E-state index contributed by atoms with van der Waals surface area (Å²) in [5.41, 5.74) is 8.42. The summed E-state index contributed by atoms with van der Waals surface area (Å²) >= 11 is 0. The summed E-state index contributed by atoms with van der Waals surface area (Å²) in [5.74, 6) is 0.933. The Morgan fingerprint density at radius 3 is 2.80 bits per heavy atom. The van der Waals surface area contributed by atoms with Gasteiger partial charge in [-0.3, -0.25) is 0 Å². The number of hydrogen-bond donors (Lipinski definition) is 2. The third kappa shape index (κ3) is 2.59. The predicted molar refractivity (Wildman–Crippen MR) is 80.8 cm³/mol. The van der Waals surface area contributed by atoms with Gasteiger partial charge >= 0.3 is 0 Å². The van der Waals surface area contributed by atoms with Crippen LogP contribution in [0.2, 0.25) is 0 Å². The number of unbranched alkanes of at least 4 members (excludes halogenated alkanes) is 1. The maximum atomic E-state index is 9.26. The van der Waals surface area contributed by atoms with E-state index in [-0.39, 0.29) is 0 Å². The van der Waals surface area contributed by atoms with E-state index in [0.717, 1.165) is 30.6 Å². The minimum Gasteiger partial charge on any atom is -0.382 e. The van der Waals surface area contributed by atoms with E-state index < -0.39 is 0 Å². The van der Waals surface area contributed by atoms with Gasteiger partial charge in [-0.15, -0.1) is 5.10 Å². The average molecular weight is 269 g/mol. The van der Waals surface area contributed by atoms with Crippen LogP contribution in [0.15, 0.2) is 24.3 Å². The summed E-state index contributed by atoms with van der Waals surface area (Å²) in [5, 5.41) is 16.9. The number of para-hydroxylation sites is 1. The van der Waals surface area contributed by atoms with Gasteiger partial charge in [0.15, 0.2) is 5.82 Å². The van der Waals surface area contributed by atoms with Gasteiger partial charge in [0, 0.05) is 6.54 Å². The van der Waals surface area contributed by atoms with Gasteiger partial charge in [-0.1, -0.05) is 31.5 Å². The zero-order valence-corrected chi connectivity index (χ0v) is 11.8. The Kier molecular flexibility index (Phi) is 4.26. The van der Waals surface area contributed by atoms with E-state index in [0.29, 0.717) is 17.2 Å². The molecule has 0 bridgehead atoms. The summed E-state index contributed by atoms with van der Waals surface area (Å²) in [6.45, 7) is 4.90. The smallest absolute Gasteiger partial charge is 0.168 e. The average Bonchev–Trinajstić information content (AvgIpc) is 2.76. The number of aromatic nitrogens is 2. The van der Waals surface area contributed by atoms with Crippen LogP contribution in [0.3, 0.4) is 0 Å². The largest absolute Gasteiger partial charge is 0.382 e. The molecule has 2 aromatic rings. The highest BCUT2D eigenvalue weighted by molar-refractivity contribution is 5.66. The highest BCUT2D eigenvalue weighted by Crippen LogP contribution is 2.25. The van der Waals surface area contributed by atoms with Crippen molar-refractivity contribution in [3.05, 3.63) is 35.4 Å². The molecule has 5 heteroatoms. The van der Waals surface area contributed by atoms with E-state index in [4.69, 9.17) is 5.73 Å². The Bertz CT molecular complexity index is 636. The summed E-state index contributed by atoms with van der Waals surface area (Å²) in [7, 11) is 0. The molecule has 0 amide bonds. The predicted octanol–water partition coefficient (Wildman–Crippen LogP) is 2.85. The van der Waals surface area contributed by atoms with Crippen molar-refractivity contribution in [2.24, 2.45) is 0 Å². The molecule has 0 aliphatic carbocycles.